The molecule has 0 aromatic heterocycles. The number of nitrogens with two attached hydrogens (primary N) is 4. The van der Waals surface area contributed by atoms with Gasteiger partial charge in [0, 0.05) is 23.7 Å². The van der Waals surface area contributed by atoms with E-state index in [0.717, 1.165) is 5.39 Å². The van der Waals surface area contributed by atoms with Crippen molar-refractivity contribution in [2.75, 3.05) is 25.9 Å². The third-order valence-corrected chi connectivity index (χ3v) is 4.29. The number of anilines is 1. The van der Waals surface area contributed by atoms with E-state index in [1.165, 1.54) is 7.11 Å². The number of benzene rings is 2. The molecule has 150 valence electrons. The molecule has 1 amide bonds. The van der Waals surface area contributed by atoms with E-state index in [2.05, 4.69) is 10.3 Å². The number of hydrogen-bond acceptors (Lipinski definition) is 6. The van der Waals surface area contributed by atoms with Gasteiger partial charge in [-0.25, -0.2) is 0 Å². The van der Waals surface area contributed by atoms with Crippen molar-refractivity contribution in [3.05, 3.63) is 35.9 Å². The summed E-state index contributed by atoms with van der Waals surface area (Å²) in [4.78, 5) is 29.0. The molecule has 0 aliphatic heterocycles. The van der Waals surface area contributed by atoms with Gasteiger partial charge < -0.3 is 33.0 Å². The highest BCUT2D eigenvalue weighted by Crippen LogP contribution is 2.34. The zero-order valence-electron chi connectivity index (χ0n) is 15.8. The Morgan fingerprint density at radius 3 is 2.50 bits per heavy atom. The highest BCUT2D eigenvalue weighted by Gasteiger charge is 2.26. The molecule has 0 aliphatic carbocycles. The molecule has 9 heteroatoms. The van der Waals surface area contributed by atoms with Crippen LogP contribution < -0.4 is 33.0 Å². The molecule has 0 bridgehead atoms. The highest BCUT2D eigenvalue weighted by molar-refractivity contribution is 6.16. The number of ether oxygens (including phenoxy) is 1. The minimum Gasteiger partial charge on any atom is -0.496 e. The van der Waals surface area contributed by atoms with Gasteiger partial charge in [0.05, 0.1) is 25.3 Å². The third-order valence-electron chi connectivity index (χ3n) is 4.29. The van der Waals surface area contributed by atoms with Gasteiger partial charge in [-0.3, -0.25) is 14.6 Å². The number of Topliss-reactive ketones (excluding diaryl/α,β-unsaturated/α-hetero) is 1. The van der Waals surface area contributed by atoms with Gasteiger partial charge in [-0.1, -0.05) is 24.3 Å². The first-order valence-corrected chi connectivity index (χ1v) is 8.83. The zero-order chi connectivity index (χ0) is 20.7. The van der Waals surface area contributed by atoms with Crippen LogP contribution in [0.4, 0.5) is 5.69 Å². The first kappa shape index (κ1) is 21.0. The van der Waals surface area contributed by atoms with Gasteiger partial charge in [-0.2, -0.15) is 0 Å². The summed E-state index contributed by atoms with van der Waals surface area (Å²) < 4.78 is 5.37. The van der Waals surface area contributed by atoms with Crippen molar-refractivity contribution in [2.24, 2.45) is 22.2 Å². The fraction of sp³-hybridized carbons (Fsp3) is 0.316. The van der Waals surface area contributed by atoms with Crippen LogP contribution in [0.2, 0.25) is 0 Å². The summed E-state index contributed by atoms with van der Waals surface area (Å²) in [6, 6.07) is 8.10. The molecule has 28 heavy (non-hydrogen) atoms. The maximum Gasteiger partial charge on any atom is 0.234 e. The molecule has 9 nitrogen and oxygen atoms in total. The van der Waals surface area contributed by atoms with E-state index >= 15 is 0 Å². The third kappa shape index (κ3) is 4.89. The zero-order valence-corrected chi connectivity index (χ0v) is 15.8. The summed E-state index contributed by atoms with van der Waals surface area (Å²) in [5.74, 6) is -0.196. The predicted molar refractivity (Wildman–Crippen MR) is 110 cm³/mol. The molecule has 0 saturated heterocycles. The molecule has 2 rings (SSSR count). The van der Waals surface area contributed by atoms with Crippen molar-refractivity contribution < 1.29 is 14.3 Å². The average Bonchev–Trinajstić information content (AvgIpc) is 2.68. The standard InChI is InChI=1S/C19H26N6O3/c1-28-15-9-13(21)17(12-6-3-2-5-11(12)15)18(27)14(25-16(26)10-20)7-4-8-24-19(22)23/h2-3,5-6,9,14H,4,7-8,10,20-21H2,1H3,(H,25,26)(H4,22,23,24)/t14-/m0/s1. The maximum atomic E-state index is 13.3. The maximum absolute atomic E-state index is 13.3. The number of rotatable bonds is 9. The summed E-state index contributed by atoms with van der Waals surface area (Å²) in [6.45, 7) is 0.111. The number of carbonyl (C=O) groups excluding carboxylic acids is 2. The second-order valence-electron chi connectivity index (χ2n) is 6.23. The lowest BCUT2D eigenvalue weighted by Crippen LogP contribution is -2.44. The Hall–Kier alpha value is -3.33. The van der Waals surface area contributed by atoms with E-state index in [9.17, 15) is 9.59 Å². The van der Waals surface area contributed by atoms with Crippen molar-refractivity contribution >= 4 is 34.1 Å². The Morgan fingerprint density at radius 2 is 1.89 bits per heavy atom. The van der Waals surface area contributed by atoms with Crippen LogP contribution >= 0.6 is 0 Å². The number of fused-ring (bicyclic) bond motifs is 1. The molecule has 0 aliphatic rings. The van der Waals surface area contributed by atoms with Gasteiger partial charge >= 0.3 is 0 Å². The van der Waals surface area contributed by atoms with Crippen molar-refractivity contribution in [1.29, 1.82) is 0 Å². The molecule has 0 fully saturated rings. The molecule has 0 saturated carbocycles. The van der Waals surface area contributed by atoms with Crippen LogP contribution in [0.15, 0.2) is 35.3 Å². The minimum absolute atomic E-state index is 0.0285. The number of carbonyl (C=O) groups is 2. The molecule has 9 N–H and O–H groups in total. The van der Waals surface area contributed by atoms with Gasteiger partial charge in [-0.15, -0.1) is 0 Å². The lowest BCUT2D eigenvalue weighted by molar-refractivity contribution is -0.120. The van der Waals surface area contributed by atoms with Crippen LogP contribution in [0.3, 0.4) is 0 Å². The fourth-order valence-corrected chi connectivity index (χ4v) is 3.01. The van der Waals surface area contributed by atoms with Gasteiger partial charge in [0.2, 0.25) is 5.91 Å². The Bertz CT molecular complexity index is 893. The van der Waals surface area contributed by atoms with Crippen molar-refractivity contribution in [2.45, 2.75) is 18.9 Å². The number of amides is 1. The van der Waals surface area contributed by atoms with Crippen LogP contribution in [-0.4, -0.2) is 43.9 Å². The number of aliphatic imine (C=N–C) groups is 1. The quantitative estimate of drug-likeness (QED) is 0.134. The van der Waals surface area contributed by atoms with Crippen LogP contribution in [0.1, 0.15) is 23.2 Å². The Balaban J connectivity index is 2.41. The normalized spacial score (nSPS) is 11.6. The summed E-state index contributed by atoms with van der Waals surface area (Å²) in [5, 5.41) is 4.07. The number of methoxy groups -OCH3 is 1. The van der Waals surface area contributed by atoms with Crippen LogP contribution in [0, 0.1) is 0 Å². The number of guanidine groups is 1. The monoisotopic (exact) mass is 386 g/mol. The van der Waals surface area contributed by atoms with E-state index < -0.39 is 11.9 Å². The molecular formula is C19H26N6O3. The Labute approximate surface area is 163 Å². The number of nitrogen functional groups attached to an aromatic ring is 1. The van der Waals surface area contributed by atoms with Gasteiger partial charge in [-0.05, 0) is 18.2 Å². The smallest absolute Gasteiger partial charge is 0.234 e. The van der Waals surface area contributed by atoms with Crippen molar-refractivity contribution in [3.8, 4) is 5.75 Å². The van der Waals surface area contributed by atoms with Crippen molar-refractivity contribution in [1.82, 2.24) is 5.32 Å². The average molecular weight is 386 g/mol. The van der Waals surface area contributed by atoms with Gasteiger partial charge in [0.1, 0.15) is 5.75 Å². The molecule has 1 atom stereocenters. The largest absolute Gasteiger partial charge is 0.496 e. The first-order chi connectivity index (χ1) is 13.4. The molecular weight excluding hydrogens is 360 g/mol. The summed E-state index contributed by atoms with van der Waals surface area (Å²) in [5.41, 5.74) is 22.8. The SMILES string of the molecule is COc1cc(N)c(C(=O)[C@H](CCCN=C(N)N)NC(=O)CN)c2ccccc12. The highest BCUT2D eigenvalue weighted by atomic mass is 16.5. The van der Waals surface area contributed by atoms with E-state index in [1.54, 1.807) is 12.1 Å². The Morgan fingerprint density at radius 1 is 1.21 bits per heavy atom. The number of ketones is 1. The molecule has 0 spiro atoms. The van der Waals surface area contributed by atoms with E-state index in [0.29, 0.717) is 36.1 Å². The number of nitrogens with one attached hydrogen (secondary N) is 1. The minimum atomic E-state index is -0.802. The second kappa shape index (κ2) is 9.56. The number of hydrogen-bond donors (Lipinski definition) is 5. The first-order valence-electron chi connectivity index (χ1n) is 8.83. The molecule has 2 aromatic carbocycles. The Kier molecular flexibility index (Phi) is 7.16. The van der Waals surface area contributed by atoms with Crippen LogP contribution in [0.25, 0.3) is 10.8 Å². The lowest BCUT2D eigenvalue weighted by Gasteiger charge is -2.20. The predicted octanol–water partition coefficient (Wildman–Crippen LogP) is 0.110. The van der Waals surface area contributed by atoms with Crippen LogP contribution in [-0.2, 0) is 4.79 Å². The van der Waals surface area contributed by atoms with Gasteiger partial charge in [0.25, 0.3) is 0 Å². The number of nitrogens with zero attached hydrogens (tertiary/aromatic N) is 1. The van der Waals surface area contributed by atoms with E-state index in [4.69, 9.17) is 27.7 Å². The van der Waals surface area contributed by atoms with Crippen LogP contribution in [0.5, 0.6) is 5.75 Å². The molecule has 0 radical (unpaired) electrons. The summed E-state index contributed by atoms with van der Waals surface area (Å²) in [6.07, 6.45) is 0.828. The second-order valence-corrected chi connectivity index (χ2v) is 6.23. The lowest BCUT2D eigenvalue weighted by atomic mass is 9.93. The van der Waals surface area contributed by atoms with E-state index in [1.807, 2.05) is 18.2 Å². The topological polar surface area (TPSA) is 172 Å². The molecule has 2 aromatic rings. The molecule has 0 unspecified atom stereocenters. The molecule has 0 heterocycles. The van der Waals surface area contributed by atoms with E-state index in [-0.39, 0.29) is 24.0 Å². The summed E-state index contributed by atoms with van der Waals surface area (Å²) in [7, 11) is 1.54. The van der Waals surface area contributed by atoms with Crippen molar-refractivity contribution in [3.63, 3.8) is 0 Å². The summed E-state index contributed by atoms with van der Waals surface area (Å²) >= 11 is 0. The van der Waals surface area contributed by atoms with Gasteiger partial charge in [0.15, 0.2) is 11.7 Å². The fourth-order valence-electron chi connectivity index (χ4n) is 3.01.